The standard InChI is InChI=1S/C12H13FN2O2S/c1-2-5-18-7-11-14-12(17-15-11)9-4-3-8(13)6-10(9)16/h3-4,6,16H,2,5,7H2,1H3. The zero-order chi connectivity index (χ0) is 13.0. The fourth-order valence-electron chi connectivity index (χ4n) is 1.42. The third kappa shape index (κ3) is 3.01. The van der Waals surface area contributed by atoms with Gasteiger partial charge in [0, 0.05) is 6.07 Å². The lowest BCUT2D eigenvalue weighted by Gasteiger charge is -1.98. The quantitative estimate of drug-likeness (QED) is 0.844. The van der Waals surface area contributed by atoms with Crippen LogP contribution in [0.15, 0.2) is 22.7 Å². The van der Waals surface area contributed by atoms with Gasteiger partial charge in [-0.05, 0) is 24.3 Å². The number of aromatic hydroxyl groups is 1. The summed E-state index contributed by atoms with van der Waals surface area (Å²) < 4.78 is 17.9. The summed E-state index contributed by atoms with van der Waals surface area (Å²) in [7, 11) is 0. The van der Waals surface area contributed by atoms with Gasteiger partial charge in [-0.1, -0.05) is 12.1 Å². The van der Waals surface area contributed by atoms with E-state index >= 15 is 0 Å². The zero-order valence-corrected chi connectivity index (χ0v) is 10.7. The molecular formula is C12H13FN2O2S. The summed E-state index contributed by atoms with van der Waals surface area (Å²) in [6.07, 6.45) is 1.09. The smallest absolute Gasteiger partial charge is 0.261 e. The minimum Gasteiger partial charge on any atom is -0.507 e. The molecule has 0 atom stereocenters. The molecule has 96 valence electrons. The van der Waals surface area contributed by atoms with Crippen molar-refractivity contribution in [3.63, 3.8) is 0 Å². The van der Waals surface area contributed by atoms with Crippen molar-refractivity contribution < 1.29 is 14.0 Å². The molecule has 4 nitrogen and oxygen atoms in total. The first-order valence-electron chi connectivity index (χ1n) is 5.60. The van der Waals surface area contributed by atoms with Crippen molar-refractivity contribution in [1.82, 2.24) is 10.1 Å². The number of nitrogens with zero attached hydrogens (tertiary/aromatic N) is 2. The van der Waals surface area contributed by atoms with Gasteiger partial charge < -0.3 is 9.63 Å². The summed E-state index contributed by atoms with van der Waals surface area (Å²) in [5, 5.41) is 13.4. The number of hydrogen-bond acceptors (Lipinski definition) is 5. The van der Waals surface area contributed by atoms with Crippen molar-refractivity contribution >= 4 is 11.8 Å². The molecule has 0 saturated carbocycles. The molecule has 6 heteroatoms. The monoisotopic (exact) mass is 268 g/mol. The Morgan fingerprint density at radius 1 is 1.44 bits per heavy atom. The highest BCUT2D eigenvalue weighted by Crippen LogP contribution is 2.28. The molecule has 0 bridgehead atoms. The topological polar surface area (TPSA) is 59.2 Å². The van der Waals surface area contributed by atoms with Crippen molar-refractivity contribution in [2.45, 2.75) is 19.1 Å². The second-order valence-corrected chi connectivity index (χ2v) is 4.83. The predicted octanol–water partition coefficient (Wildman–Crippen LogP) is 3.22. The Morgan fingerprint density at radius 3 is 3.00 bits per heavy atom. The van der Waals surface area contributed by atoms with Crippen LogP contribution in [0.3, 0.4) is 0 Å². The Kier molecular flexibility index (Phi) is 4.19. The molecular weight excluding hydrogens is 255 g/mol. The first kappa shape index (κ1) is 12.9. The highest BCUT2D eigenvalue weighted by molar-refractivity contribution is 7.98. The minimum atomic E-state index is -0.505. The Hall–Kier alpha value is -1.56. The molecule has 0 fully saturated rings. The number of aromatic nitrogens is 2. The first-order chi connectivity index (χ1) is 8.70. The van der Waals surface area contributed by atoms with E-state index in [0.29, 0.717) is 17.1 Å². The van der Waals surface area contributed by atoms with Gasteiger partial charge in [0.25, 0.3) is 5.89 Å². The van der Waals surface area contributed by atoms with Gasteiger partial charge >= 0.3 is 0 Å². The van der Waals surface area contributed by atoms with E-state index < -0.39 is 5.82 Å². The van der Waals surface area contributed by atoms with Gasteiger partial charge in [-0.15, -0.1) is 0 Å². The van der Waals surface area contributed by atoms with Crippen LogP contribution < -0.4 is 0 Å². The molecule has 1 N–H and O–H groups in total. The lowest BCUT2D eigenvalue weighted by Crippen LogP contribution is -1.86. The van der Waals surface area contributed by atoms with Crippen LogP contribution in [-0.2, 0) is 5.75 Å². The highest BCUT2D eigenvalue weighted by atomic mass is 32.2. The summed E-state index contributed by atoms with van der Waals surface area (Å²) in [5.41, 5.74) is 0.343. The predicted molar refractivity (Wildman–Crippen MR) is 67.8 cm³/mol. The second kappa shape index (κ2) is 5.86. The maximum Gasteiger partial charge on any atom is 0.261 e. The number of phenolic OH excluding ortho intramolecular Hbond substituents is 1. The van der Waals surface area contributed by atoms with E-state index in [1.807, 2.05) is 0 Å². The Bertz CT molecular complexity index is 531. The number of phenols is 1. The Balaban J connectivity index is 2.13. The molecule has 0 aliphatic carbocycles. The molecule has 0 amide bonds. The van der Waals surface area contributed by atoms with E-state index in [4.69, 9.17) is 4.52 Å². The van der Waals surface area contributed by atoms with Crippen molar-refractivity contribution in [2.24, 2.45) is 0 Å². The van der Waals surface area contributed by atoms with Crippen molar-refractivity contribution in [3.8, 4) is 17.2 Å². The molecule has 0 radical (unpaired) electrons. The molecule has 0 saturated heterocycles. The highest BCUT2D eigenvalue weighted by Gasteiger charge is 2.13. The number of hydrogen-bond donors (Lipinski definition) is 1. The first-order valence-corrected chi connectivity index (χ1v) is 6.75. The van der Waals surface area contributed by atoms with Crippen LogP contribution in [0, 0.1) is 5.82 Å². The summed E-state index contributed by atoms with van der Waals surface area (Å²) in [6.45, 7) is 2.10. The average Bonchev–Trinajstić information content (AvgIpc) is 2.78. The number of benzene rings is 1. The zero-order valence-electron chi connectivity index (χ0n) is 9.89. The fourth-order valence-corrected chi connectivity index (χ4v) is 2.15. The van der Waals surface area contributed by atoms with Crippen LogP contribution in [0.4, 0.5) is 4.39 Å². The van der Waals surface area contributed by atoms with Gasteiger partial charge in [0.2, 0.25) is 0 Å². The molecule has 0 spiro atoms. The molecule has 0 aliphatic rings. The van der Waals surface area contributed by atoms with Gasteiger partial charge in [-0.2, -0.15) is 16.7 Å². The third-order valence-electron chi connectivity index (χ3n) is 2.24. The normalized spacial score (nSPS) is 10.8. The Morgan fingerprint density at radius 2 is 2.28 bits per heavy atom. The lowest BCUT2D eigenvalue weighted by atomic mass is 10.2. The van der Waals surface area contributed by atoms with Gasteiger partial charge in [0.15, 0.2) is 5.82 Å². The van der Waals surface area contributed by atoms with Crippen LogP contribution in [0.1, 0.15) is 19.2 Å². The molecule has 0 aliphatic heterocycles. The summed E-state index contributed by atoms with van der Waals surface area (Å²) in [4.78, 5) is 4.16. The number of rotatable bonds is 5. The fraction of sp³-hybridized carbons (Fsp3) is 0.333. The molecule has 18 heavy (non-hydrogen) atoms. The molecule has 2 rings (SSSR count). The van der Waals surface area contributed by atoms with Crippen LogP contribution in [0.2, 0.25) is 0 Å². The Labute approximate surface area is 108 Å². The third-order valence-corrected chi connectivity index (χ3v) is 3.40. The summed E-state index contributed by atoms with van der Waals surface area (Å²) >= 11 is 1.71. The van der Waals surface area contributed by atoms with E-state index in [2.05, 4.69) is 17.1 Å². The van der Waals surface area contributed by atoms with E-state index in [-0.39, 0.29) is 11.6 Å². The largest absolute Gasteiger partial charge is 0.507 e. The number of halogens is 1. The van der Waals surface area contributed by atoms with Crippen molar-refractivity contribution in [3.05, 3.63) is 29.8 Å². The van der Waals surface area contributed by atoms with Gasteiger partial charge in [0.05, 0.1) is 11.3 Å². The summed E-state index contributed by atoms with van der Waals surface area (Å²) in [6, 6.07) is 3.68. The molecule has 1 heterocycles. The summed E-state index contributed by atoms with van der Waals surface area (Å²) in [5.74, 6) is 1.78. The molecule has 1 aromatic heterocycles. The maximum absolute atomic E-state index is 12.8. The van der Waals surface area contributed by atoms with E-state index in [1.54, 1.807) is 11.8 Å². The van der Waals surface area contributed by atoms with Gasteiger partial charge in [-0.25, -0.2) is 4.39 Å². The average molecular weight is 268 g/mol. The van der Waals surface area contributed by atoms with Crippen molar-refractivity contribution in [2.75, 3.05) is 5.75 Å². The lowest BCUT2D eigenvalue weighted by molar-refractivity contribution is 0.419. The SMILES string of the molecule is CCCSCc1noc(-c2ccc(F)cc2O)n1. The number of thioether (sulfide) groups is 1. The van der Waals surface area contributed by atoms with E-state index in [0.717, 1.165) is 18.2 Å². The van der Waals surface area contributed by atoms with Crippen LogP contribution >= 0.6 is 11.8 Å². The molecule has 0 unspecified atom stereocenters. The van der Waals surface area contributed by atoms with Gasteiger partial charge in [-0.3, -0.25) is 0 Å². The molecule has 1 aromatic carbocycles. The maximum atomic E-state index is 12.8. The minimum absolute atomic E-state index is 0.202. The van der Waals surface area contributed by atoms with Crippen LogP contribution in [0.25, 0.3) is 11.5 Å². The van der Waals surface area contributed by atoms with Gasteiger partial charge in [0.1, 0.15) is 11.6 Å². The van der Waals surface area contributed by atoms with Crippen LogP contribution in [-0.4, -0.2) is 21.0 Å². The molecule has 2 aromatic rings. The van der Waals surface area contributed by atoms with E-state index in [9.17, 15) is 9.50 Å². The van der Waals surface area contributed by atoms with Crippen LogP contribution in [0.5, 0.6) is 5.75 Å². The van der Waals surface area contributed by atoms with E-state index in [1.165, 1.54) is 12.1 Å². The second-order valence-electron chi connectivity index (χ2n) is 3.73. The van der Waals surface area contributed by atoms with Crippen molar-refractivity contribution in [1.29, 1.82) is 0 Å².